The van der Waals surface area contributed by atoms with Gasteiger partial charge in [0.25, 0.3) is 5.91 Å². The molecule has 0 fully saturated rings. The van der Waals surface area contributed by atoms with E-state index in [-0.39, 0.29) is 0 Å². The van der Waals surface area contributed by atoms with E-state index >= 15 is 0 Å². The zero-order valence-corrected chi connectivity index (χ0v) is 9.82. The van der Waals surface area contributed by atoms with Crippen molar-refractivity contribution in [1.82, 2.24) is 9.38 Å². The highest BCUT2D eigenvalue weighted by Crippen LogP contribution is 2.31. The molecule has 1 aromatic carbocycles. The number of carbonyl (C=O) groups is 1. The number of fused-ring (bicyclic) bond motifs is 3. The van der Waals surface area contributed by atoms with Crippen LogP contribution in [0, 0.1) is 0 Å². The van der Waals surface area contributed by atoms with E-state index in [0.29, 0.717) is 11.3 Å². The standard InChI is InChI=1S/C11H9N3O2S/c1-16-8-5-7-9(4-6(8)10(12)15)17-11-13-2-3-14(7)11/h2-5H,1H3,(H2,12,15). The van der Waals surface area contributed by atoms with Crippen molar-refractivity contribution in [1.29, 1.82) is 0 Å². The Kier molecular flexibility index (Phi) is 2.05. The van der Waals surface area contributed by atoms with Gasteiger partial charge < -0.3 is 10.5 Å². The van der Waals surface area contributed by atoms with Crippen LogP contribution in [0.15, 0.2) is 24.5 Å². The summed E-state index contributed by atoms with van der Waals surface area (Å²) in [6.07, 6.45) is 3.61. The van der Waals surface area contributed by atoms with Crippen LogP contribution in [0.3, 0.4) is 0 Å². The van der Waals surface area contributed by atoms with Gasteiger partial charge in [-0.1, -0.05) is 11.3 Å². The normalized spacial score (nSPS) is 11.1. The Hall–Kier alpha value is -2.08. The number of nitrogens with zero attached hydrogens (tertiary/aromatic N) is 2. The molecule has 0 aliphatic heterocycles. The molecule has 0 radical (unpaired) electrons. The highest BCUT2D eigenvalue weighted by molar-refractivity contribution is 7.23. The van der Waals surface area contributed by atoms with Crippen LogP contribution in [0.25, 0.3) is 15.2 Å². The van der Waals surface area contributed by atoms with E-state index in [1.807, 2.05) is 10.6 Å². The van der Waals surface area contributed by atoms with Crippen LogP contribution in [-0.4, -0.2) is 22.4 Å². The summed E-state index contributed by atoms with van der Waals surface area (Å²) < 4.78 is 8.09. The second-order valence-corrected chi connectivity index (χ2v) is 4.58. The number of methoxy groups -OCH3 is 1. The van der Waals surface area contributed by atoms with Gasteiger partial charge in [0.1, 0.15) is 5.75 Å². The molecule has 0 bridgehead atoms. The van der Waals surface area contributed by atoms with Crippen molar-refractivity contribution in [3.63, 3.8) is 0 Å². The maximum atomic E-state index is 11.3. The average molecular weight is 247 g/mol. The third kappa shape index (κ3) is 1.38. The number of carbonyl (C=O) groups excluding carboxylic acids is 1. The van der Waals surface area contributed by atoms with Gasteiger partial charge in [0, 0.05) is 18.5 Å². The molecular formula is C11H9N3O2S. The van der Waals surface area contributed by atoms with Crippen LogP contribution in [0.1, 0.15) is 10.4 Å². The third-order valence-electron chi connectivity index (χ3n) is 2.61. The molecule has 86 valence electrons. The van der Waals surface area contributed by atoms with Gasteiger partial charge >= 0.3 is 0 Å². The second kappa shape index (κ2) is 3.46. The molecule has 6 heteroatoms. The number of nitrogens with two attached hydrogens (primary N) is 1. The van der Waals surface area contributed by atoms with Crippen LogP contribution >= 0.6 is 11.3 Å². The summed E-state index contributed by atoms with van der Waals surface area (Å²) in [5.41, 5.74) is 6.67. The molecule has 17 heavy (non-hydrogen) atoms. The van der Waals surface area contributed by atoms with Crippen LogP contribution in [0.2, 0.25) is 0 Å². The Balaban J connectivity index is 2.42. The lowest BCUT2D eigenvalue weighted by atomic mass is 10.2. The topological polar surface area (TPSA) is 69.6 Å². The first-order chi connectivity index (χ1) is 8.20. The monoisotopic (exact) mass is 247 g/mol. The Labute approximate surface area is 100 Å². The summed E-state index contributed by atoms with van der Waals surface area (Å²) in [6, 6.07) is 3.55. The number of ether oxygens (including phenoxy) is 1. The van der Waals surface area contributed by atoms with Crippen LogP contribution in [-0.2, 0) is 0 Å². The van der Waals surface area contributed by atoms with Gasteiger partial charge in [0.05, 0.1) is 22.9 Å². The van der Waals surface area contributed by atoms with Crippen LogP contribution in [0.5, 0.6) is 5.75 Å². The highest BCUT2D eigenvalue weighted by atomic mass is 32.1. The molecule has 0 aliphatic carbocycles. The minimum atomic E-state index is -0.491. The Morgan fingerprint density at radius 1 is 1.53 bits per heavy atom. The van der Waals surface area contributed by atoms with Crippen molar-refractivity contribution in [2.24, 2.45) is 5.73 Å². The van der Waals surface area contributed by atoms with Crippen molar-refractivity contribution >= 4 is 32.4 Å². The van der Waals surface area contributed by atoms with E-state index in [0.717, 1.165) is 15.2 Å². The molecule has 0 saturated heterocycles. The molecule has 0 atom stereocenters. The zero-order chi connectivity index (χ0) is 12.0. The fourth-order valence-electron chi connectivity index (χ4n) is 1.83. The number of amides is 1. The van der Waals surface area contributed by atoms with Gasteiger partial charge in [-0.15, -0.1) is 0 Å². The predicted molar refractivity (Wildman–Crippen MR) is 65.6 cm³/mol. The molecule has 2 N–H and O–H groups in total. The quantitative estimate of drug-likeness (QED) is 0.748. The number of primary amides is 1. The largest absolute Gasteiger partial charge is 0.496 e. The summed E-state index contributed by atoms with van der Waals surface area (Å²) in [7, 11) is 1.52. The van der Waals surface area contributed by atoms with E-state index in [1.165, 1.54) is 18.4 Å². The van der Waals surface area contributed by atoms with Crippen molar-refractivity contribution in [2.45, 2.75) is 0 Å². The molecule has 0 saturated carbocycles. The maximum Gasteiger partial charge on any atom is 0.252 e. The lowest BCUT2D eigenvalue weighted by Gasteiger charge is -2.05. The second-order valence-electron chi connectivity index (χ2n) is 3.57. The molecular weight excluding hydrogens is 238 g/mol. The predicted octanol–water partition coefficient (Wildman–Crippen LogP) is 1.66. The molecule has 1 amide bonds. The first kappa shape index (κ1) is 10.1. The number of aromatic nitrogens is 2. The summed E-state index contributed by atoms with van der Waals surface area (Å²) >= 11 is 1.51. The summed E-state index contributed by atoms with van der Waals surface area (Å²) in [6.45, 7) is 0. The number of hydrogen-bond acceptors (Lipinski definition) is 4. The maximum absolute atomic E-state index is 11.3. The van der Waals surface area contributed by atoms with Crippen LogP contribution in [0.4, 0.5) is 0 Å². The van der Waals surface area contributed by atoms with E-state index in [2.05, 4.69) is 4.98 Å². The van der Waals surface area contributed by atoms with Gasteiger partial charge in [0.2, 0.25) is 0 Å². The average Bonchev–Trinajstić information content (AvgIpc) is 2.86. The molecule has 0 aliphatic rings. The first-order valence-corrected chi connectivity index (χ1v) is 5.76. The smallest absolute Gasteiger partial charge is 0.252 e. The number of benzene rings is 1. The van der Waals surface area contributed by atoms with E-state index < -0.39 is 5.91 Å². The van der Waals surface area contributed by atoms with E-state index in [1.54, 1.807) is 18.3 Å². The van der Waals surface area contributed by atoms with Gasteiger partial charge in [-0.25, -0.2) is 4.98 Å². The Bertz CT molecular complexity index is 729. The van der Waals surface area contributed by atoms with Gasteiger partial charge in [0.15, 0.2) is 4.96 Å². The number of hydrogen-bond donors (Lipinski definition) is 1. The third-order valence-corrected chi connectivity index (χ3v) is 3.65. The fourth-order valence-corrected chi connectivity index (χ4v) is 2.83. The van der Waals surface area contributed by atoms with Gasteiger partial charge in [-0.05, 0) is 6.07 Å². The summed E-state index contributed by atoms with van der Waals surface area (Å²) in [5, 5.41) is 0. The zero-order valence-electron chi connectivity index (χ0n) is 9.01. The van der Waals surface area contributed by atoms with E-state index in [9.17, 15) is 4.79 Å². The molecule has 2 aromatic heterocycles. The molecule has 2 heterocycles. The molecule has 3 rings (SSSR count). The molecule has 3 aromatic rings. The lowest BCUT2D eigenvalue weighted by Crippen LogP contribution is -2.12. The molecule has 5 nitrogen and oxygen atoms in total. The minimum Gasteiger partial charge on any atom is -0.496 e. The molecule has 0 unspecified atom stereocenters. The number of thiazole rings is 1. The lowest BCUT2D eigenvalue weighted by molar-refractivity contribution is 0.0997. The van der Waals surface area contributed by atoms with Crippen molar-refractivity contribution < 1.29 is 9.53 Å². The Morgan fingerprint density at radius 2 is 2.35 bits per heavy atom. The van der Waals surface area contributed by atoms with Crippen molar-refractivity contribution in [3.05, 3.63) is 30.1 Å². The van der Waals surface area contributed by atoms with E-state index in [4.69, 9.17) is 10.5 Å². The van der Waals surface area contributed by atoms with Gasteiger partial charge in [-0.3, -0.25) is 9.20 Å². The van der Waals surface area contributed by atoms with Crippen molar-refractivity contribution in [3.8, 4) is 5.75 Å². The SMILES string of the molecule is COc1cc2c(cc1C(N)=O)sc1nccn12. The number of rotatable bonds is 2. The highest BCUT2D eigenvalue weighted by Gasteiger charge is 2.14. The minimum absolute atomic E-state index is 0.393. The number of imidazole rings is 1. The van der Waals surface area contributed by atoms with Crippen LogP contribution < -0.4 is 10.5 Å². The Morgan fingerprint density at radius 3 is 3.06 bits per heavy atom. The molecule has 0 spiro atoms. The summed E-state index contributed by atoms with van der Waals surface area (Å²) in [4.78, 5) is 16.4. The summed E-state index contributed by atoms with van der Waals surface area (Å²) in [5.74, 6) is -0.00631. The first-order valence-electron chi connectivity index (χ1n) is 4.94. The fraction of sp³-hybridized carbons (Fsp3) is 0.0909. The van der Waals surface area contributed by atoms with Gasteiger partial charge in [-0.2, -0.15) is 0 Å². The van der Waals surface area contributed by atoms with Crippen molar-refractivity contribution in [2.75, 3.05) is 7.11 Å².